The van der Waals surface area contributed by atoms with E-state index in [2.05, 4.69) is 5.32 Å². The highest BCUT2D eigenvalue weighted by atomic mass is 32.2. The molecule has 0 fully saturated rings. The van der Waals surface area contributed by atoms with Gasteiger partial charge in [0.25, 0.3) is 0 Å². The normalized spacial score (nSPS) is 14.2. The summed E-state index contributed by atoms with van der Waals surface area (Å²) in [5, 5.41) is 11.5. The molecule has 0 saturated heterocycles. The first-order valence-corrected chi connectivity index (χ1v) is 6.23. The number of rotatable bonds is 8. The molecule has 0 aromatic rings. The van der Waals surface area contributed by atoms with Crippen LogP contribution in [-0.4, -0.2) is 47.7 Å². The van der Waals surface area contributed by atoms with E-state index in [-0.39, 0.29) is 11.7 Å². The fourth-order valence-electron chi connectivity index (χ4n) is 0.944. The van der Waals surface area contributed by atoms with Gasteiger partial charge in [-0.1, -0.05) is 6.92 Å². The minimum Gasteiger partial charge on any atom is -0.480 e. The van der Waals surface area contributed by atoms with Gasteiger partial charge in [0.2, 0.25) is 5.91 Å². The van der Waals surface area contributed by atoms with E-state index >= 15 is 0 Å². The third-order valence-corrected chi connectivity index (χ3v) is 3.18. The van der Waals surface area contributed by atoms with Gasteiger partial charge in [0.05, 0.1) is 12.4 Å². The van der Waals surface area contributed by atoms with Crippen molar-refractivity contribution in [1.29, 1.82) is 0 Å². The number of hydrogen-bond acceptors (Lipinski definition) is 4. The second-order valence-electron chi connectivity index (χ2n) is 3.58. The van der Waals surface area contributed by atoms with Crippen LogP contribution in [0.1, 0.15) is 20.3 Å². The van der Waals surface area contributed by atoms with Gasteiger partial charge in [0.15, 0.2) is 0 Å². The van der Waals surface area contributed by atoms with E-state index in [1.807, 2.05) is 0 Å². The second kappa shape index (κ2) is 7.51. The fraction of sp³-hybridized carbons (Fsp3) is 0.800. The Kier molecular flexibility index (Phi) is 7.16. The molecule has 0 aromatic carbocycles. The van der Waals surface area contributed by atoms with Gasteiger partial charge in [-0.3, -0.25) is 4.79 Å². The van der Waals surface area contributed by atoms with Gasteiger partial charge in [-0.25, -0.2) is 4.79 Å². The van der Waals surface area contributed by atoms with Gasteiger partial charge < -0.3 is 15.2 Å². The van der Waals surface area contributed by atoms with Gasteiger partial charge >= 0.3 is 5.97 Å². The molecular weight excluding hydrogens is 230 g/mol. The van der Waals surface area contributed by atoms with E-state index < -0.39 is 11.5 Å². The Hall–Kier alpha value is -0.750. The Morgan fingerprint density at radius 1 is 1.50 bits per heavy atom. The summed E-state index contributed by atoms with van der Waals surface area (Å²) >= 11 is 1.42. The first kappa shape index (κ1) is 15.2. The van der Waals surface area contributed by atoms with Gasteiger partial charge in [-0.2, -0.15) is 0 Å². The lowest BCUT2D eigenvalue weighted by atomic mass is 9.99. The Bertz CT molecular complexity index is 247. The molecule has 0 aliphatic carbocycles. The van der Waals surface area contributed by atoms with Crippen LogP contribution in [0, 0.1) is 0 Å². The third-order valence-electron chi connectivity index (χ3n) is 2.26. The molecule has 94 valence electrons. The Labute approximate surface area is 99.9 Å². The first-order chi connectivity index (χ1) is 7.46. The average Bonchev–Trinajstić information content (AvgIpc) is 2.24. The number of carboxylic acids is 1. The molecule has 0 aliphatic rings. The molecular formula is C10H19NO4S. The maximum atomic E-state index is 11.4. The molecule has 0 aliphatic heterocycles. The molecule has 1 atom stereocenters. The van der Waals surface area contributed by atoms with Crippen molar-refractivity contribution >= 4 is 23.6 Å². The van der Waals surface area contributed by atoms with E-state index in [0.717, 1.165) is 5.75 Å². The second-order valence-corrected chi connectivity index (χ2v) is 4.69. The Morgan fingerprint density at radius 2 is 2.12 bits per heavy atom. The summed E-state index contributed by atoms with van der Waals surface area (Å²) in [4.78, 5) is 22.4. The van der Waals surface area contributed by atoms with Crippen LogP contribution >= 0.6 is 11.8 Å². The number of nitrogens with one attached hydrogen (secondary N) is 1. The van der Waals surface area contributed by atoms with Crippen LogP contribution in [0.4, 0.5) is 0 Å². The molecule has 0 radical (unpaired) electrons. The zero-order valence-corrected chi connectivity index (χ0v) is 10.7. The van der Waals surface area contributed by atoms with Crippen molar-refractivity contribution in [3.05, 3.63) is 0 Å². The first-order valence-electron chi connectivity index (χ1n) is 5.07. The molecule has 2 N–H and O–H groups in total. The SMILES string of the molecule is CCC(C)(NC(=O)CSCCOC)C(=O)O. The number of hydrogen-bond donors (Lipinski definition) is 2. The summed E-state index contributed by atoms with van der Waals surface area (Å²) in [5.74, 6) is -0.287. The van der Waals surface area contributed by atoms with E-state index in [1.54, 1.807) is 14.0 Å². The van der Waals surface area contributed by atoms with Gasteiger partial charge in [0, 0.05) is 12.9 Å². The number of ether oxygens (including phenoxy) is 1. The summed E-state index contributed by atoms with van der Waals surface area (Å²) in [6.07, 6.45) is 0.358. The largest absolute Gasteiger partial charge is 0.480 e. The zero-order chi connectivity index (χ0) is 12.6. The molecule has 6 heteroatoms. The minimum atomic E-state index is -1.17. The lowest BCUT2D eigenvalue weighted by molar-refractivity contribution is -0.146. The summed E-state index contributed by atoms with van der Waals surface area (Å²) in [7, 11) is 1.60. The van der Waals surface area contributed by atoms with Crippen molar-refractivity contribution in [1.82, 2.24) is 5.32 Å². The molecule has 1 unspecified atom stereocenters. The van der Waals surface area contributed by atoms with E-state index in [4.69, 9.17) is 9.84 Å². The average molecular weight is 249 g/mol. The smallest absolute Gasteiger partial charge is 0.329 e. The van der Waals surface area contributed by atoms with Gasteiger partial charge in [-0.05, 0) is 13.3 Å². The topological polar surface area (TPSA) is 75.6 Å². The highest BCUT2D eigenvalue weighted by molar-refractivity contribution is 7.99. The van der Waals surface area contributed by atoms with Crippen LogP contribution in [0.25, 0.3) is 0 Å². The summed E-state index contributed by atoms with van der Waals surface area (Å²) in [5.41, 5.74) is -1.17. The molecule has 0 saturated carbocycles. The van der Waals surface area contributed by atoms with Crippen molar-refractivity contribution in [2.45, 2.75) is 25.8 Å². The summed E-state index contributed by atoms with van der Waals surface area (Å²) in [6, 6.07) is 0. The summed E-state index contributed by atoms with van der Waals surface area (Å²) < 4.78 is 4.84. The minimum absolute atomic E-state index is 0.256. The number of carbonyl (C=O) groups is 2. The van der Waals surface area contributed by atoms with Crippen molar-refractivity contribution in [3.8, 4) is 0 Å². The number of methoxy groups -OCH3 is 1. The van der Waals surface area contributed by atoms with E-state index in [0.29, 0.717) is 13.0 Å². The lowest BCUT2D eigenvalue weighted by Gasteiger charge is -2.24. The lowest BCUT2D eigenvalue weighted by Crippen LogP contribution is -2.52. The van der Waals surface area contributed by atoms with Crippen LogP contribution in [0.3, 0.4) is 0 Å². The Morgan fingerprint density at radius 3 is 2.56 bits per heavy atom. The van der Waals surface area contributed by atoms with Gasteiger partial charge in [0.1, 0.15) is 5.54 Å². The fourth-order valence-corrected chi connectivity index (χ4v) is 1.63. The van der Waals surface area contributed by atoms with Crippen LogP contribution in [0.2, 0.25) is 0 Å². The Balaban J connectivity index is 3.98. The molecule has 5 nitrogen and oxygen atoms in total. The maximum absolute atomic E-state index is 11.4. The number of carbonyl (C=O) groups excluding carboxylic acids is 1. The number of amides is 1. The molecule has 0 spiro atoms. The van der Waals surface area contributed by atoms with Crippen LogP contribution in [0.15, 0.2) is 0 Å². The van der Waals surface area contributed by atoms with Gasteiger partial charge in [-0.15, -0.1) is 11.8 Å². The van der Waals surface area contributed by atoms with Crippen molar-refractivity contribution in [2.24, 2.45) is 0 Å². The number of thioether (sulfide) groups is 1. The third kappa shape index (κ3) is 5.37. The van der Waals surface area contributed by atoms with Crippen molar-refractivity contribution in [3.63, 3.8) is 0 Å². The molecule has 0 bridgehead atoms. The highest BCUT2D eigenvalue weighted by Crippen LogP contribution is 2.10. The van der Waals surface area contributed by atoms with E-state index in [1.165, 1.54) is 18.7 Å². The van der Waals surface area contributed by atoms with E-state index in [9.17, 15) is 9.59 Å². The van der Waals surface area contributed by atoms with Crippen LogP contribution in [0.5, 0.6) is 0 Å². The maximum Gasteiger partial charge on any atom is 0.329 e. The predicted molar refractivity (Wildman–Crippen MR) is 63.7 cm³/mol. The van der Waals surface area contributed by atoms with Crippen molar-refractivity contribution in [2.75, 3.05) is 25.2 Å². The zero-order valence-electron chi connectivity index (χ0n) is 9.91. The summed E-state index contributed by atoms with van der Waals surface area (Å²) in [6.45, 7) is 3.82. The monoisotopic (exact) mass is 249 g/mol. The van der Waals surface area contributed by atoms with Crippen LogP contribution < -0.4 is 5.32 Å². The predicted octanol–water partition coefficient (Wildman–Crippen LogP) is 0.735. The molecule has 1 amide bonds. The quantitative estimate of drug-likeness (QED) is 0.620. The standard InChI is InChI=1S/C10H19NO4S/c1-4-10(2,9(13)14)11-8(12)7-16-6-5-15-3/h4-7H2,1-3H3,(H,11,12)(H,13,14). The van der Waals surface area contributed by atoms with Crippen molar-refractivity contribution < 1.29 is 19.4 Å². The molecule has 16 heavy (non-hydrogen) atoms. The molecule has 0 aromatic heterocycles. The molecule has 0 heterocycles. The highest BCUT2D eigenvalue weighted by Gasteiger charge is 2.32. The molecule has 0 rings (SSSR count). The number of carboxylic acid groups (broad SMARTS) is 1. The van der Waals surface area contributed by atoms with Crippen LogP contribution in [-0.2, 0) is 14.3 Å². The number of aliphatic carboxylic acids is 1.